The van der Waals surface area contributed by atoms with E-state index in [0.717, 1.165) is 19.5 Å². The fraction of sp³-hybridized carbons (Fsp3) is 0.818. The number of halogens is 1. The Labute approximate surface area is 102 Å². The number of hydrogen-bond donors (Lipinski definition) is 0. The summed E-state index contributed by atoms with van der Waals surface area (Å²) in [4.78, 5) is 2.11. The van der Waals surface area contributed by atoms with Gasteiger partial charge in [0.15, 0.2) is 0 Å². The molecule has 0 aliphatic carbocycles. The summed E-state index contributed by atoms with van der Waals surface area (Å²) in [5, 5.41) is 8.01. The number of hydrogen-bond acceptors (Lipinski definition) is 4. The Hall–Kier alpha value is -0.770. The molecule has 0 N–H and O–H groups in total. The van der Waals surface area contributed by atoms with Gasteiger partial charge in [0.25, 0.3) is 0 Å². The fourth-order valence-corrected chi connectivity index (χ4v) is 1.56. The molecule has 0 spiro atoms. The van der Waals surface area contributed by atoms with Gasteiger partial charge in [-0.3, -0.25) is 0 Å². The van der Waals surface area contributed by atoms with Crippen LogP contribution >= 0.6 is 11.6 Å². The lowest BCUT2D eigenvalue weighted by Gasteiger charge is -2.21. The van der Waals surface area contributed by atoms with E-state index < -0.39 is 0 Å². The van der Waals surface area contributed by atoms with Crippen molar-refractivity contribution in [1.82, 2.24) is 10.2 Å². The number of alkyl halides is 1. The van der Waals surface area contributed by atoms with Crippen molar-refractivity contribution in [3.05, 3.63) is 5.89 Å². The van der Waals surface area contributed by atoms with Gasteiger partial charge in [-0.1, -0.05) is 25.4 Å². The van der Waals surface area contributed by atoms with Gasteiger partial charge in [0.1, 0.15) is 0 Å². The Bertz CT molecular complexity index is 303. The first-order chi connectivity index (χ1) is 7.71. The summed E-state index contributed by atoms with van der Waals surface area (Å²) in [5.41, 5.74) is 0. The predicted octanol–water partition coefficient (Wildman–Crippen LogP) is 2.72. The van der Waals surface area contributed by atoms with Crippen LogP contribution in [0.1, 0.15) is 33.1 Å². The normalized spacial score (nSPS) is 12.8. The zero-order chi connectivity index (χ0) is 12.0. The molecule has 5 heteroatoms. The van der Waals surface area contributed by atoms with Crippen molar-refractivity contribution in [2.45, 2.75) is 33.6 Å². The highest BCUT2D eigenvalue weighted by Crippen LogP contribution is 2.15. The lowest BCUT2D eigenvalue weighted by Crippen LogP contribution is -2.28. The number of aryl methyl sites for hydroxylation is 1. The van der Waals surface area contributed by atoms with Crippen LogP contribution in [0.3, 0.4) is 0 Å². The Balaban J connectivity index is 2.63. The third-order valence-electron chi connectivity index (χ3n) is 2.65. The average Bonchev–Trinajstić information content (AvgIpc) is 2.74. The van der Waals surface area contributed by atoms with Crippen molar-refractivity contribution in [3.63, 3.8) is 0 Å². The lowest BCUT2D eigenvalue weighted by molar-refractivity contribution is 0.466. The van der Waals surface area contributed by atoms with Crippen molar-refractivity contribution in [2.75, 3.05) is 23.9 Å². The molecule has 1 unspecified atom stereocenters. The number of nitrogens with zero attached hydrogens (tertiary/aromatic N) is 3. The number of rotatable bonds is 7. The predicted molar refractivity (Wildman–Crippen MR) is 66.1 cm³/mol. The molecule has 0 aliphatic rings. The maximum atomic E-state index is 5.62. The summed E-state index contributed by atoms with van der Waals surface area (Å²) < 4.78 is 5.54. The summed E-state index contributed by atoms with van der Waals surface area (Å²) in [6.45, 7) is 8.33. The molecule has 0 saturated heterocycles. The second-order valence-electron chi connectivity index (χ2n) is 3.97. The molecule has 0 aliphatic heterocycles. The van der Waals surface area contributed by atoms with Crippen LogP contribution in [0, 0.1) is 5.92 Å². The fourth-order valence-electron chi connectivity index (χ4n) is 1.40. The van der Waals surface area contributed by atoms with Crippen molar-refractivity contribution in [3.8, 4) is 0 Å². The SMILES string of the molecule is CCC(C)CN(CC)c1nnc(CCCl)o1. The molecule has 16 heavy (non-hydrogen) atoms. The Morgan fingerprint density at radius 1 is 1.38 bits per heavy atom. The lowest BCUT2D eigenvalue weighted by atomic mass is 10.1. The second-order valence-corrected chi connectivity index (χ2v) is 4.35. The van der Waals surface area contributed by atoms with Crippen LogP contribution in [0.5, 0.6) is 0 Å². The summed E-state index contributed by atoms with van der Waals surface area (Å²) in [6.07, 6.45) is 1.79. The molecule has 92 valence electrons. The minimum Gasteiger partial charge on any atom is -0.408 e. The standard InChI is InChI=1S/C11H20ClN3O/c1-4-9(3)8-15(5-2)11-14-13-10(16-11)6-7-12/h9H,4-8H2,1-3H3. The maximum Gasteiger partial charge on any atom is 0.318 e. The summed E-state index contributed by atoms with van der Waals surface area (Å²) in [7, 11) is 0. The van der Waals surface area contributed by atoms with Gasteiger partial charge in [-0.2, -0.15) is 0 Å². The van der Waals surface area contributed by atoms with Crippen LogP contribution in [0.4, 0.5) is 6.01 Å². The smallest absolute Gasteiger partial charge is 0.318 e. The van der Waals surface area contributed by atoms with E-state index >= 15 is 0 Å². The van der Waals surface area contributed by atoms with Gasteiger partial charge < -0.3 is 9.32 Å². The molecular formula is C11H20ClN3O. The van der Waals surface area contributed by atoms with Gasteiger partial charge in [0.2, 0.25) is 5.89 Å². The van der Waals surface area contributed by atoms with Crippen molar-refractivity contribution >= 4 is 17.6 Å². The first kappa shape index (κ1) is 13.3. The Morgan fingerprint density at radius 3 is 2.69 bits per heavy atom. The molecule has 0 amide bonds. The molecule has 0 fully saturated rings. The summed E-state index contributed by atoms with van der Waals surface area (Å²) in [6, 6.07) is 0.614. The molecule has 1 atom stereocenters. The molecular weight excluding hydrogens is 226 g/mol. The highest BCUT2D eigenvalue weighted by molar-refractivity contribution is 6.17. The zero-order valence-corrected chi connectivity index (χ0v) is 11.0. The summed E-state index contributed by atoms with van der Waals surface area (Å²) in [5.74, 6) is 1.76. The van der Waals surface area contributed by atoms with Gasteiger partial charge in [-0.05, 0) is 12.8 Å². The summed E-state index contributed by atoms with van der Waals surface area (Å²) >= 11 is 5.62. The van der Waals surface area contributed by atoms with E-state index in [1.54, 1.807) is 0 Å². The highest BCUT2D eigenvalue weighted by atomic mass is 35.5. The largest absolute Gasteiger partial charge is 0.408 e. The van der Waals surface area contributed by atoms with Gasteiger partial charge in [0.05, 0.1) is 0 Å². The Morgan fingerprint density at radius 2 is 2.12 bits per heavy atom. The first-order valence-corrected chi connectivity index (χ1v) is 6.37. The maximum absolute atomic E-state index is 5.62. The molecule has 4 nitrogen and oxygen atoms in total. The van der Waals surface area contributed by atoms with E-state index in [1.165, 1.54) is 0 Å². The zero-order valence-electron chi connectivity index (χ0n) is 10.2. The first-order valence-electron chi connectivity index (χ1n) is 5.84. The minimum atomic E-state index is 0.513. The van der Waals surface area contributed by atoms with Crippen LogP contribution in [-0.2, 0) is 6.42 Å². The monoisotopic (exact) mass is 245 g/mol. The molecule has 0 radical (unpaired) electrons. The minimum absolute atomic E-state index is 0.513. The highest BCUT2D eigenvalue weighted by Gasteiger charge is 2.14. The molecule has 1 heterocycles. The molecule has 0 saturated carbocycles. The van der Waals surface area contributed by atoms with E-state index in [2.05, 4.69) is 35.9 Å². The van der Waals surface area contributed by atoms with Crippen molar-refractivity contribution in [2.24, 2.45) is 5.92 Å². The third kappa shape index (κ3) is 3.67. The second kappa shape index (κ2) is 6.74. The third-order valence-corrected chi connectivity index (χ3v) is 2.83. The molecule has 1 rings (SSSR count). The van der Waals surface area contributed by atoms with Gasteiger partial charge in [0, 0.05) is 25.4 Å². The van der Waals surface area contributed by atoms with Crippen LogP contribution in [0.25, 0.3) is 0 Å². The van der Waals surface area contributed by atoms with Gasteiger partial charge in [-0.15, -0.1) is 16.7 Å². The van der Waals surface area contributed by atoms with Crippen molar-refractivity contribution < 1.29 is 4.42 Å². The van der Waals surface area contributed by atoms with Crippen LogP contribution in [0.15, 0.2) is 4.42 Å². The van der Waals surface area contributed by atoms with E-state index in [-0.39, 0.29) is 0 Å². The van der Waals surface area contributed by atoms with E-state index in [4.69, 9.17) is 16.0 Å². The van der Waals surface area contributed by atoms with Crippen LogP contribution in [-0.4, -0.2) is 29.2 Å². The number of aromatic nitrogens is 2. The molecule has 0 bridgehead atoms. The van der Waals surface area contributed by atoms with Crippen LogP contribution in [0.2, 0.25) is 0 Å². The molecule has 0 aromatic carbocycles. The average molecular weight is 246 g/mol. The van der Waals surface area contributed by atoms with E-state index in [9.17, 15) is 0 Å². The molecule has 1 aromatic rings. The number of anilines is 1. The van der Waals surface area contributed by atoms with Crippen LogP contribution < -0.4 is 4.90 Å². The van der Waals surface area contributed by atoms with Crippen molar-refractivity contribution in [1.29, 1.82) is 0 Å². The van der Waals surface area contributed by atoms with E-state index in [0.29, 0.717) is 30.1 Å². The van der Waals surface area contributed by atoms with E-state index in [1.807, 2.05) is 0 Å². The quantitative estimate of drug-likeness (QED) is 0.693. The Kier molecular flexibility index (Phi) is 5.60. The van der Waals surface area contributed by atoms with Gasteiger partial charge in [-0.25, -0.2) is 0 Å². The topological polar surface area (TPSA) is 42.2 Å². The molecule has 1 aromatic heterocycles. The van der Waals surface area contributed by atoms with Gasteiger partial charge >= 0.3 is 6.01 Å².